The van der Waals surface area contributed by atoms with E-state index in [1.54, 1.807) is 0 Å². The third kappa shape index (κ3) is 2.00. The zero-order chi connectivity index (χ0) is 10.7. The van der Waals surface area contributed by atoms with Gasteiger partial charge in [-0.15, -0.1) is 0 Å². The van der Waals surface area contributed by atoms with Crippen molar-refractivity contribution in [1.29, 1.82) is 0 Å². The SMILES string of the molecule is CCCc1cccc2ccc(CN)nc12. The van der Waals surface area contributed by atoms with E-state index < -0.39 is 0 Å². The highest BCUT2D eigenvalue weighted by Gasteiger charge is 2.02. The lowest BCUT2D eigenvalue weighted by Crippen LogP contribution is -2.00. The van der Waals surface area contributed by atoms with Crippen molar-refractivity contribution in [3.8, 4) is 0 Å². The molecule has 0 aliphatic carbocycles. The summed E-state index contributed by atoms with van der Waals surface area (Å²) in [5, 5.41) is 1.21. The van der Waals surface area contributed by atoms with Gasteiger partial charge in [-0.2, -0.15) is 0 Å². The van der Waals surface area contributed by atoms with E-state index >= 15 is 0 Å². The Bertz CT molecular complexity index is 463. The first kappa shape index (κ1) is 10.1. The van der Waals surface area contributed by atoms with E-state index in [2.05, 4.69) is 36.2 Å². The van der Waals surface area contributed by atoms with Crippen LogP contribution in [-0.2, 0) is 13.0 Å². The number of benzene rings is 1. The van der Waals surface area contributed by atoms with Crippen LogP contribution in [0.2, 0.25) is 0 Å². The lowest BCUT2D eigenvalue weighted by atomic mass is 10.1. The van der Waals surface area contributed by atoms with Crippen molar-refractivity contribution in [2.24, 2.45) is 5.73 Å². The van der Waals surface area contributed by atoms with Crippen LogP contribution in [0.25, 0.3) is 10.9 Å². The highest BCUT2D eigenvalue weighted by molar-refractivity contribution is 5.81. The highest BCUT2D eigenvalue weighted by Crippen LogP contribution is 2.18. The molecule has 0 amide bonds. The molecule has 0 unspecified atom stereocenters. The molecule has 1 aromatic heterocycles. The summed E-state index contributed by atoms with van der Waals surface area (Å²) in [6.45, 7) is 2.70. The second-order valence-corrected chi connectivity index (χ2v) is 3.75. The molecule has 2 aromatic rings. The smallest absolute Gasteiger partial charge is 0.0737 e. The molecule has 0 aliphatic rings. The summed E-state index contributed by atoms with van der Waals surface area (Å²) < 4.78 is 0. The number of para-hydroxylation sites is 1. The maximum Gasteiger partial charge on any atom is 0.0737 e. The fourth-order valence-electron chi connectivity index (χ4n) is 1.83. The van der Waals surface area contributed by atoms with Gasteiger partial charge in [-0.05, 0) is 18.1 Å². The first-order valence-corrected chi connectivity index (χ1v) is 5.42. The fraction of sp³-hybridized carbons (Fsp3) is 0.308. The van der Waals surface area contributed by atoms with Gasteiger partial charge >= 0.3 is 0 Å². The number of pyridine rings is 1. The van der Waals surface area contributed by atoms with Gasteiger partial charge in [0.05, 0.1) is 11.2 Å². The van der Waals surface area contributed by atoms with E-state index in [4.69, 9.17) is 5.73 Å². The molecule has 2 rings (SSSR count). The first-order chi connectivity index (χ1) is 7.35. The van der Waals surface area contributed by atoms with Crippen molar-refractivity contribution < 1.29 is 0 Å². The standard InChI is InChI=1S/C13H16N2/c1-2-4-10-5-3-6-11-7-8-12(9-14)15-13(10)11/h3,5-8H,2,4,9,14H2,1H3. The molecule has 0 aliphatic heterocycles. The van der Waals surface area contributed by atoms with Gasteiger partial charge in [-0.25, -0.2) is 0 Å². The molecule has 0 bridgehead atoms. The molecular formula is C13H16N2. The minimum Gasteiger partial charge on any atom is -0.325 e. The molecule has 2 N–H and O–H groups in total. The quantitative estimate of drug-likeness (QED) is 0.827. The average Bonchev–Trinajstić information content (AvgIpc) is 2.29. The Balaban J connectivity index is 2.59. The summed E-state index contributed by atoms with van der Waals surface area (Å²) in [4.78, 5) is 4.59. The van der Waals surface area contributed by atoms with Gasteiger partial charge in [0.1, 0.15) is 0 Å². The van der Waals surface area contributed by atoms with Gasteiger partial charge < -0.3 is 5.73 Å². The molecule has 2 nitrogen and oxygen atoms in total. The predicted molar refractivity (Wildman–Crippen MR) is 63.6 cm³/mol. The van der Waals surface area contributed by atoms with Gasteiger partial charge in [-0.3, -0.25) is 4.98 Å². The molecule has 1 aromatic carbocycles. The molecule has 0 saturated carbocycles. The van der Waals surface area contributed by atoms with E-state index in [0.29, 0.717) is 6.54 Å². The van der Waals surface area contributed by atoms with Crippen LogP contribution < -0.4 is 5.73 Å². The maximum absolute atomic E-state index is 5.60. The summed E-state index contributed by atoms with van der Waals surface area (Å²) in [5.41, 5.74) is 9.00. The second-order valence-electron chi connectivity index (χ2n) is 3.75. The molecule has 0 spiro atoms. The summed E-state index contributed by atoms with van der Waals surface area (Å²) in [5.74, 6) is 0. The third-order valence-corrected chi connectivity index (χ3v) is 2.59. The van der Waals surface area contributed by atoms with Gasteiger partial charge in [0, 0.05) is 11.9 Å². The zero-order valence-corrected chi connectivity index (χ0v) is 9.03. The lowest BCUT2D eigenvalue weighted by Gasteiger charge is -2.05. The zero-order valence-electron chi connectivity index (χ0n) is 9.03. The van der Waals surface area contributed by atoms with E-state index in [1.807, 2.05) is 6.07 Å². The Kier molecular flexibility index (Phi) is 2.97. The van der Waals surface area contributed by atoms with E-state index in [0.717, 1.165) is 24.1 Å². The fourth-order valence-corrected chi connectivity index (χ4v) is 1.83. The number of aromatic nitrogens is 1. The van der Waals surface area contributed by atoms with Crippen molar-refractivity contribution in [2.75, 3.05) is 0 Å². The Hall–Kier alpha value is -1.41. The van der Waals surface area contributed by atoms with Crippen LogP contribution in [0.5, 0.6) is 0 Å². The lowest BCUT2D eigenvalue weighted by molar-refractivity contribution is 0.922. The topological polar surface area (TPSA) is 38.9 Å². The summed E-state index contributed by atoms with van der Waals surface area (Å²) in [6, 6.07) is 10.4. The first-order valence-electron chi connectivity index (χ1n) is 5.42. The predicted octanol–water partition coefficient (Wildman–Crippen LogP) is 2.65. The number of fused-ring (bicyclic) bond motifs is 1. The molecule has 0 atom stereocenters. The maximum atomic E-state index is 5.60. The van der Waals surface area contributed by atoms with Crippen molar-refractivity contribution in [1.82, 2.24) is 4.98 Å². The van der Waals surface area contributed by atoms with Crippen LogP contribution in [-0.4, -0.2) is 4.98 Å². The molecule has 15 heavy (non-hydrogen) atoms. The molecule has 0 saturated heterocycles. The third-order valence-electron chi connectivity index (χ3n) is 2.59. The van der Waals surface area contributed by atoms with Gasteiger partial charge in [-0.1, -0.05) is 37.6 Å². The Labute approximate surface area is 90.1 Å². The molecular weight excluding hydrogens is 184 g/mol. The minimum atomic E-state index is 0.510. The Morgan fingerprint density at radius 3 is 2.80 bits per heavy atom. The van der Waals surface area contributed by atoms with Crippen molar-refractivity contribution in [3.63, 3.8) is 0 Å². The van der Waals surface area contributed by atoms with Crippen LogP contribution in [0.1, 0.15) is 24.6 Å². The molecule has 2 heteroatoms. The van der Waals surface area contributed by atoms with Crippen molar-refractivity contribution in [3.05, 3.63) is 41.6 Å². The van der Waals surface area contributed by atoms with Gasteiger partial charge in [0.15, 0.2) is 0 Å². The number of aryl methyl sites for hydroxylation is 1. The van der Waals surface area contributed by atoms with Crippen LogP contribution in [0.15, 0.2) is 30.3 Å². The van der Waals surface area contributed by atoms with Crippen LogP contribution >= 0.6 is 0 Å². The van der Waals surface area contributed by atoms with Crippen LogP contribution in [0, 0.1) is 0 Å². The monoisotopic (exact) mass is 200 g/mol. The Morgan fingerprint density at radius 2 is 2.07 bits per heavy atom. The molecule has 1 heterocycles. The number of nitrogens with zero attached hydrogens (tertiary/aromatic N) is 1. The van der Waals surface area contributed by atoms with Crippen molar-refractivity contribution >= 4 is 10.9 Å². The summed E-state index contributed by atoms with van der Waals surface area (Å²) in [6.07, 6.45) is 2.23. The summed E-state index contributed by atoms with van der Waals surface area (Å²) >= 11 is 0. The number of nitrogens with two attached hydrogens (primary N) is 1. The second kappa shape index (κ2) is 4.41. The van der Waals surface area contributed by atoms with E-state index in [9.17, 15) is 0 Å². The number of rotatable bonds is 3. The minimum absolute atomic E-state index is 0.510. The number of hydrogen-bond donors (Lipinski definition) is 1. The molecule has 0 radical (unpaired) electrons. The normalized spacial score (nSPS) is 10.8. The van der Waals surface area contributed by atoms with Crippen molar-refractivity contribution in [2.45, 2.75) is 26.3 Å². The van der Waals surface area contributed by atoms with Crippen LogP contribution in [0.3, 0.4) is 0 Å². The van der Waals surface area contributed by atoms with Gasteiger partial charge in [0.25, 0.3) is 0 Å². The number of hydrogen-bond acceptors (Lipinski definition) is 2. The highest BCUT2D eigenvalue weighted by atomic mass is 14.7. The van der Waals surface area contributed by atoms with E-state index in [1.165, 1.54) is 10.9 Å². The average molecular weight is 200 g/mol. The largest absolute Gasteiger partial charge is 0.325 e. The van der Waals surface area contributed by atoms with Gasteiger partial charge in [0.2, 0.25) is 0 Å². The van der Waals surface area contributed by atoms with E-state index in [-0.39, 0.29) is 0 Å². The molecule has 0 fully saturated rings. The molecule has 78 valence electrons. The Morgan fingerprint density at radius 1 is 1.20 bits per heavy atom. The van der Waals surface area contributed by atoms with Crippen LogP contribution in [0.4, 0.5) is 0 Å². The summed E-state index contributed by atoms with van der Waals surface area (Å²) in [7, 11) is 0.